The maximum atomic E-state index is 6.83. The van der Waals surface area contributed by atoms with Gasteiger partial charge in [-0.1, -0.05) is 97.4 Å². The molecule has 2 rings (SSSR count). The van der Waals surface area contributed by atoms with Crippen LogP contribution >= 0.6 is 15.9 Å². The molecule has 9 heteroatoms. The Kier molecular flexibility index (Phi) is 18.1. The molecule has 0 fully saturated rings. The molecule has 0 aliphatic rings. The second-order valence-corrected chi connectivity index (χ2v) is 15.0. The third-order valence-electron chi connectivity index (χ3n) is 6.04. The summed E-state index contributed by atoms with van der Waals surface area (Å²) in [6, 6.07) is 21.3. The van der Waals surface area contributed by atoms with Crippen LogP contribution in [0.2, 0.25) is 5.04 Å². The summed E-state index contributed by atoms with van der Waals surface area (Å²) in [4.78, 5) is 0. The fraction of sp³-hybridized carbons (Fsp3) is 0.600. The van der Waals surface area contributed by atoms with Crippen LogP contribution in [0.3, 0.4) is 0 Å². The van der Waals surface area contributed by atoms with Crippen LogP contribution in [-0.4, -0.2) is 99.5 Å². The zero-order valence-electron chi connectivity index (χ0n) is 23.9. The standard InChI is InChI=1S/C30H47BrO7Si/c1-30(2,3)39(28-10-6-4-7-11-28,29-12-8-5-9-13-29)38-27-26-37-25-24-36-23-22-35-21-20-34-19-18-33-17-16-32-15-14-31/h4-13H,14-27H2,1-3H3. The molecule has 0 heterocycles. The van der Waals surface area contributed by atoms with Gasteiger partial charge in [0.25, 0.3) is 8.32 Å². The molecule has 0 unspecified atom stereocenters. The predicted molar refractivity (Wildman–Crippen MR) is 162 cm³/mol. The fourth-order valence-electron chi connectivity index (χ4n) is 4.27. The minimum atomic E-state index is -2.51. The van der Waals surface area contributed by atoms with E-state index in [9.17, 15) is 0 Å². The second kappa shape index (κ2) is 20.7. The third-order valence-corrected chi connectivity index (χ3v) is 11.4. The number of halogens is 1. The van der Waals surface area contributed by atoms with Gasteiger partial charge < -0.3 is 32.8 Å². The predicted octanol–water partition coefficient (Wildman–Crippen LogP) is 4.06. The van der Waals surface area contributed by atoms with E-state index in [1.54, 1.807) is 0 Å². The van der Waals surface area contributed by atoms with Crippen molar-refractivity contribution < 1.29 is 32.8 Å². The lowest BCUT2D eigenvalue weighted by atomic mass is 10.2. The van der Waals surface area contributed by atoms with E-state index < -0.39 is 8.32 Å². The van der Waals surface area contributed by atoms with Gasteiger partial charge in [0, 0.05) is 5.33 Å². The van der Waals surface area contributed by atoms with Gasteiger partial charge >= 0.3 is 0 Å². The molecule has 220 valence electrons. The van der Waals surface area contributed by atoms with Gasteiger partial charge in [-0.3, -0.25) is 0 Å². The average molecular weight is 628 g/mol. The average Bonchev–Trinajstić information content (AvgIpc) is 2.94. The van der Waals surface area contributed by atoms with Gasteiger partial charge in [-0.15, -0.1) is 0 Å². The van der Waals surface area contributed by atoms with Crippen LogP contribution in [0.1, 0.15) is 20.8 Å². The summed E-state index contributed by atoms with van der Waals surface area (Å²) in [6.45, 7) is 14.1. The number of ether oxygens (including phenoxy) is 6. The van der Waals surface area contributed by atoms with Gasteiger partial charge in [-0.05, 0) is 15.4 Å². The molecule has 39 heavy (non-hydrogen) atoms. The van der Waals surface area contributed by atoms with Crippen molar-refractivity contribution >= 4 is 34.6 Å². The van der Waals surface area contributed by atoms with Gasteiger partial charge in [-0.25, -0.2) is 0 Å². The number of benzene rings is 2. The Bertz CT molecular complexity index is 797. The van der Waals surface area contributed by atoms with Crippen molar-refractivity contribution in [2.24, 2.45) is 0 Å². The fourth-order valence-corrected chi connectivity index (χ4v) is 9.05. The minimum Gasteiger partial charge on any atom is -0.405 e. The van der Waals surface area contributed by atoms with Gasteiger partial charge in [-0.2, -0.15) is 0 Å². The minimum absolute atomic E-state index is 0.0420. The van der Waals surface area contributed by atoms with E-state index in [1.807, 2.05) is 0 Å². The van der Waals surface area contributed by atoms with Crippen LogP contribution in [-0.2, 0) is 32.8 Å². The lowest BCUT2D eigenvalue weighted by molar-refractivity contribution is -0.0173. The van der Waals surface area contributed by atoms with E-state index in [0.29, 0.717) is 85.9 Å². The summed E-state index contributed by atoms with van der Waals surface area (Å²) in [5.74, 6) is 0. The van der Waals surface area contributed by atoms with E-state index >= 15 is 0 Å². The number of hydrogen-bond acceptors (Lipinski definition) is 7. The Morgan fingerprint density at radius 2 is 0.795 bits per heavy atom. The zero-order valence-corrected chi connectivity index (χ0v) is 26.5. The molecule has 0 N–H and O–H groups in total. The number of alkyl halides is 1. The molecule has 0 aromatic heterocycles. The molecular formula is C30H47BrO7Si. The maximum absolute atomic E-state index is 6.83. The third kappa shape index (κ3) is 12.9. The van der Waals surface area contributed by atoms with Crippen molar-refractivity contribution in [3.8, 4) is 0 Å². The van der Waals surface area contributed by atoms with Crippen molar-refractivity contribution in [1.29, 1.82) is 0 Å². The highest BCUT2D eigenvalue weighted by Gasteiger charge is 2.49. The first-order chi connectivity index (χ1) is 19.0. The van der Waals surface area contributed by atoms with Gasteiger partial charge in [0.1, 0.15) is 0 Å². The Labute approximate surface area is 244 Å². The van der Waals surface area contributed by atoms with Gasteiger partial charge in [0.05, 0.1) is 85.9 Å². The van der Waals surface area contributed by atoms with Crippen LogP contribution in [0.5, 0.6) is 0 Å². The Morgan fingerprint density at radius 1 is 0.487 bits per heavy atom. The maximum Gasteiger partial charge on any atom is 0.261 e. The molecule has 7 nitrogen and oxygen atoms in total. The second-order valence-electron chi connectivity index (χ2n) is 9.87. The van der Waals surface area contributed by atoms with E-state index in [-0.39, 0.29) is 5.04 Å². The molecule has 2 aromatic rings. The summed E-state index contributed by atoms with van der Waals surface area (Å²) in [5.41, 5.74) is 0. The topological polar surface area (TPSA) is 64.6 Å². The van der Waals surface area contributed by atoms with E-state index in [1.165, 1.54) is 10.4 Å². The lowest BCUT2D eigenvalue weighted by Crippen LogP contribution is -2.66. The number of hydrogen-bond donors (Lipinski definition) is 0. The first kappa shape index (κ1) is 34.1. The van der Waals surface area contributed by atoms with Crippen molar-refractivity contribution in [1.82, 2.24) is 0 Å². The van der Waals surface area contributed by atoms with Gasteiger partial charge in [0.2, 0.25) is 0 Å². The highest BCUT2D eigenvalue weighted by molar-refractivity contribution is 9.09. The molecule has 2 aromatic carbocycles. The SMILES string of the molecule is CC(C)(C)[Si](OCCOCCOCCOCCOCCOCCOCCBr)(c1ccccc1)c1ccccc1. The normalized spacial score (nSPS) is 12.2. The largest absolute Gasteiger partial charge is 0.405 e. The smallest absolute Gasteiger partial charge is 0.261 e. The zero-order chi connectivity index (χ0) is 28.1. The first-order valence-corrected chi connectivity index (χ1v) is 16.8. The highest BCUT2D eigenvalue weighted by Crippen LogP contribution is 2.36. The molecular weight excluding hydrogens is 580 g/mol. The summed E-state index contributed by atoms with van der Waals surface area (Å²) in [7, 11) is -2.51. The van der Waals surface area contributed by atoms with Crippen LogP contribution in [0.15, 0.2) is 60.7 Å². The van der Waals surface area contributed by atoms with Crippen LogP contribution in [0, 0.1) is 0 Å². The summed E-state index contributed by atoms with van der Waals surface area (Å²) < 4.78 is 40.0. The van der Waals surface area contributed by atoms with Crippen LogP contribution in [0.25, 0.3) is 0 Å². The molecule has 0 saturated carbocycles. The summed E-state index contributed by atoms with van der Waals surface area (Å²) in [5, 5.41) is 3.35. The molecule has 0 aliphatic heterocycles. The van der Waals surface area contributed by atoms with Gasteiger partial charge in [0.15, 0.2) is 0 Å². The number of rotatable bonds is 23. The molecule has 0 aliphatic carbocycles. The van der Waals surface area contributed by atoms with E-state index in [0.717, 1.165) is 5.33 Å². The van der Waals surface area contributed by atoms with E-state index in [4.69, 9.17) is 32.8 Å². The quantitative estimate of drug-likeness (QED) is 0.105. The highest BCUT2D eigenvalue weighted by atomic mass is 79.9. The lowest BCUT2D eigenvalue weighted by Gasteiger charge is -2.43. The van der Waals surface area contributed by atoms with E-state index in [2.05, 4.69) is 97.4 Å². The molecule has 0 bridgehead atoms. The Hall–Kier alpha value is -1.14. The Morgan fingerprint density at radius 3 is 1.10 bits per heavy atom. The van der Waals surface area contributed by atoms with Crippen molar-refractivity contribution in [2.75, 3.05) is 91.2 Å². The van der Waals surface area contributed by atoms with Crippen LogP contribution in [0.4, 0.5) is 0 Å². The summed E-state index contributed by atoms with van der Waals surface area (Å²) in [6.07, 6.45) is 0. The van der Waals surface area contributed by atoms with Crippen molar-refractivity contribution in [3.05, 3.63) is 60.7 Å². The summed E-state index contributed by atoms with van der Waals surface area (Å²) >= 11 is 3.31. The molecule has 0 atom stereocenters. The monoisotopic (exact) mass is 626 g/mol. The van der Waals surface area contributed by atoms with Crippen molar-refractivity contribution in [2.45, 2.75) is 25.8 Å². The molecule has 0 amide bonds. The molecule has 0 radical (unpaired) electrons. The Balaban J connectivity index is 1.55. The van der Waals surface area contributed by atoms with Crippen molar-refractivity contribution in [3.63, 3.8) is 0 Å². The molecule has 0 spiro atoms. The van der Waals surface area contributed by atoms with Crippen LogP contribution < -0.4 is 10.4 Å². The first-order valence-electron chi connectivity index (χ1n) is 13.8. The molecule has 0 saturated heterocycles.